The van der Waals surface area contributed by atoms with Gasteiger partial charge in [0.15, 0.2) is 5.13 Å². The van der Waals surface area contributed by atoms with E-state index < -0.39 is 0 Å². The minimum absolute atomic E-state index is 0.0110. The molecule has 1 saturated heterocycles. The quantitative estimate of drug-likeness (QED) is 0.898. The molecule has 0 spiro atoms. The number of likely N-dealkylation sites (tertiary alicyclic amines) is 1. The number of anilines is 1. The first-order valence-electron chi connectivity index (χ1n) is 7.78. The summed E-state index contributed by atoms with van der Waals surface area (Å²) in [4.78, 5) is 18.6. The third-order valence-electron chi connectivity index (χ3n) is 4.93. The first kappa shape index (κ1) is 14.8. The molecule has 2 N–H and O–H groups in total. The van der Waals surface area contributed by atoms with Crippen molar-refractivity contribution in [3.8, 4) is 0 Å². The minimum atomic E-state index is -0.0608. The van der Waals surface area contributed by atoms with Gasteiger partial charge in [-0.25, -0.2) is 9.78 Å². The lowest BCUT2D eigenvalue weighted by molar-refractivity contribution is 0.0542. The molecule has 1 aliphatic carbocycles. The van der Waals surface area contributed by atoms with Gasteiger partial charge in [0, 0.05) is 31.0 Å². The van der Waals surface area contributed by atoms with E-state index in [4.69, 9.17) is 0 Å². The predicted molar refractivity (Wildman–Crippen MR) is 83.7 cm³/mol. The van der Waals surface area contributed by atoms with Crippen molar-refractivity contribution >= 4 is 22.5 Å². The van der Waals surface area contributed by atoms with Crippen molar-refractivity contribution in [3.05, 3.63) is 11.1 Å². The molecule has 5 nitrogen and oxygen atoms in total. The second kappa shape index (κ2) is 5.93. The zero-order chi connectivity index (χ0) is 14.9. The second-order valence-corrected chi connectivity index (χ2v) is 7.14. The average Bonchev–Trinajstić information content (AvgIpc) is 3.27. The number of nitrogens with zero attached hydrogens (tertiary/aromatic N) is 2. The normalized spacial score (nSPS) is 21.3. The largest absolute Gasteiger partial charge is 0.396 e. The number of hydrogen-bond donors (Lipinski definition) is 2. The number of aromatic nitrogens is 1. The number of amides is 2. The molecule has 3 rings (SSSR count). The fourth-order valence-corrected chi connectivity index (χ4v) is 3.67. The van der Waals surface area contributed by atoms with Gasteiger partial charge in [0.2, 0.25) is 0 Å². The molecule has 0 radical (unpaired) electrons. The van der Waals surface area contributed by atoms with Gasteiger partial charge in [-0.3, -0.25) is 5.32 Å². The summed E-state index contributed by atoms with van der Waals surface area (Å²) in [5.41, 5.74) is 1.14. The van der Waals surface area contributed by atoms with Crippen molar-refractivity contribution in [1.82, 2.24) is 9.88 Å². The van der Waals surface area contributed by atoms with Gasteiger partial charge in [-0.1, -0.05) is 6.92 Å². The van der Waals surface area contributed by atoms with Crippen molar-refractivity contribution in [2.75, 3.05) is 25.0 Å². The minimum Gasteiger partial charge on any atom is -0.396 e. The monoisotopic (exact) mass is 309 g/mol. The Morgan fingerprint density at radius 2 is 2.24 bits per heavy atom. The first-order chi connectivity index (χ1) is 10.2. The van der Waals surface area contributed by atoms with Crippen molar-refractivity contribution in [3.63, 3.8) is 0 Å². The highest BCUT2D eigenvalue weighted by Gasteiger charge is 2.34. The van der Waals surface area contributed by atoms with E-state index in [-0.39, 0.29) is 18.1 Å². The third-order valence-corrected chi connectivity index (χ3v) is 5.70. The van der Waals surface area contributed by atoms with Crippen LogP contribution < -0.4 is 5.32 Å². The number of urea groups is 1. The van der Waals surface area contributed by atoms with Crippen LogP contribution in [0.1, 0.15) is 50.6 Å². The van der Waals surface area contributed by atoms with Crippen LogP contribution in [0.25, 0.3) is 0 Å². The molecule has 0 atom stereocenters. The molecular formula is C15H23N3O2S. The summed E-state index contributed by atoms with van der Waals surface area (Å²) in [6.45, 7) is 3.75. The predicted octanol–water partition coefficient (Wildman–Crippen LogP) is 3.04. The molecule has 2 aliphatic rings. The summed E-state index contributed by atoms with van der Waals surface area (Å²) in [6, 6.07) is -0.0608. The van der Waals surface area contributed by atoms with Gasteiger partial charge in [-0.15, -0.1) is 11.3 Å². The number of hydrogen-bond acceptors (Lipinski definition) is 4. The molecule has 2 fully saturated rings. The van der Waals surface area contributed by atoms with Crippen molar-refractivity contribution in [2.45, 2.75) is 44.9 Å². The molecule has 2 heterocycles. The first-order valence-corrected chi connectivity index (χ1v) is 8.66. The lowest BCUT2D eigenvalue weighted by Crippen LogP contribution is -2.46. The lowest BCUT2D eigenvalue weighted by Gasteiger charge is -2.40. The fraction of sp³-hybridized carbons (Fsp3) is 0.733. The summed E-state index contributed by atoms with van der Waals surface area (Å²) in [7, 11) is 0. The molecular weight excluding hydrogens is 286 g/mol. The molecule has 1 saturated carbocycles. The van der Waals surface area contributed by atoms with Crippen molar-refractivity contribution < 1.29 is 9.90 Å². The zero-order valence-corrected chi connectivity index (χ0v) is 13.3. The maximum absolute atomic E-state index is 12.3. The molecule has 116 valence electrons. The Morgan fingerprint density at radius 3 is 2.81 bits per heavy atom. The van der Waals surface area contributed by atoms with Crippen LogP contribution in [-0.2, 0) is 0 Å². The van der Waals surface area contributed by atoms with E-state index in [0.29, 0.717) is 24.1 Å². The molecule has 0 bridgehead atoms. The van der Waals surface area contributed by atoms with Crippen molar-refractivity contribution in [1.29, 1.82) is 0 Å². The lowest BCUT2D eigenvalue weighted by atomic mass is 9.77. The number of rotatable bonds is 4. The second-order valence-electron chi connectivity index (χ2n) is 6.28. The maximum Gasteiger partial charge on any atom is 0.323 e. The van der Waals surface area contributed by atoms with Crippen LogP contribution in [0.2, 0.25) is 0 Å². The summed E-state index contributed by atoms with van der Waals surface area (Å²) in [6.07, 6.45) is 5.17. The summed E-state index contributed by atoms with van der Waals surface area (Å²) in [5.74, 6) is 0.622. The van der Waals surface area contributed by atoms with E-state index in [1.54, 1.807) is 0 Å². The summed E-state index contributed by atoms with van der Waals surface area (Å²) >= 11 is 1.51. The van der Waals surface area contributed by atoms with Gasteiger partial charge in [0.1, 0.15) is 0 Å². The molecule has 1 aliphatic heterocycles. The SMILES string of the molecule is CCC1(CO)CCN(C(=O)Nc2nc(C3CC3)cs2)CC1. The number of carbonyl (C=O) groups is 1. The molecule has 6 heteroatoms. The smallest absolute Gasteiger partial charge is 0.323 e. The molecule has 0 aromatic carbocycles. The number of carbonyl (C=O) groups excluding carboxylic acids is 1. The number of aliphatic hydroxyl groups is 1. The van der Waals surface area contributed by atoms with Crippen molar-refractivity contribution in [2.24, 2.45) is 5.41 Å². The highest BCUT2D eigenvalue weighted by Crippen LogP contribution is 2.41. The van der Waals surface area contributed by atoms with Crippen LogP contribution in [0.5, 0.6) is 0 Å². The van der Waals surface area contributed by atoms with Gasteiger partial charge in [-0.05, 0) is 37.5 Å². The number of aliphatic hydroxyl groups excluding tert-OH is 1. The summed E-state index contributed by atoms with van der Waals surface area (Å²) < 4.78 is 0. The highest BCUT2D eigenvalue weighted by atomic mass is 32.1. The maximum atomic E-state index is 12.3. The van der Waals surface area contributed by atoms with E-state index in [2.05, 4.69) is 22.6 Å². The standard InChI is InChI=1S/C15H23N3O2S/c1-2-15(10-19)5-7-18(8-6-15)14(20)17-13-16-12(9-21-13)11-3-4-11/h9,11,19H,2-8,10H2,1H3,(H,16,17,20). The topological polar surface area (TPSA) is 65.5 Å². The number of nitrogens with one attached hydrogen (secondary N) is 1. The van der Waals surface area contributed by atoms with Crippen LogP contribution in [0.15, 0.2) is 5.38 Å². The van der Waals surface area contributed by atoms with Crippen LogP contribution in [0.4, 0.5) is 9.93 Å². The highest BCUT2D eigenvalue weighted by molar-refractivity contribution is 7.13. The fourth-order valence-electron chi connectivity index (χ4n) is 2.89. The molecule has 21 heavy (non-hydrogen) atoms. The van der Waals surface area contributed by atoms with Gasteiger partial charge < -0.3 is 10.0 Å². The number of piperidine rings is 1. The third kappa shape index (κ3) is 3.21. The Bertz CT molecular complexity index is 499. The van der Waals surface area contributed by atoms with E-state index in [1.165, 1.54) is 24.2 Å². The van der Waals surface area contributed by atoms with E-state index >= 15 is 0 Å². The van der Waals surface area contributed by atoms with Gasteiger partial charge in [0.25, 0.3) is 0 Å². The van der Waals surface area contributed by atoms with E-state index in [1.807, 2.05) is 4.90 Å². The Hall–Kier alpha value is -1.14. The Morgan fingerprint density at radius 1 is 1.52 bits per heavy atom. The molecule has 2 amide bonds. The van der Waals surface area contributed by atoms with E-state index in [0.717, 1.165) is 25.0 Å². The van der Waals surface area contributed by atoms with Crippen LogP contribution in [-0.4, -0.2) is 40.7 Å². The Labute approximate surface area is 129 Å². The van der Waals surface area contributed by atoms with Gasteiger partial charge in [0.05, 0.1) is 5.69 Å². The Balaban J connectivity index is 1.53. The van der Waals surface area contributed by atoms with Crippen LogP contribution in [0, 0.1) is 5.41 Å². The summed E-state index contributed by atoms with van der Waals surface area (Å²) in [5, 5.41) is 15.2. The molecule has 0 unspecified atom stereocenters. The Kier molecular flexibility index (Phi) is 4.17. The van der Waals surface area contributed by atoms with Crippen LogP contribution >= 0.6 is 11.3 Å². The molecule has 1 aromatic rings. The molecule has 1 aromatic heterocycles. The average molecular weight is 309 g/mol. The van der Waals surface area contributed by atoms with Gasteiger partial charge >= 0.3 is 6.03 Å². The van der Waals surface area contributed by atoms with Crippen LogP contribution in [0.3, 0.4) is 0 Å². The van der Waals surface area contributed by atoms with Gasteiger partial charge in [-0.2, -0.15) is 0 Å². The number of thiazole rings is 1. The zero-order valence-electron chi connectivity index (χ0n) is 12.5. The van der Waals surface area contributed by atoms with E-state index in [9.17, 15) is 9.90 Å².